The van der Waals surface area contributed by atoms with Gasteiger partial charge < -0.3 is 30.1 Å². The number of fused-ring (bicyclic) bond motifs is 1. The van der Waals surface area contributed by atoms with E-state index >= 15 is 0 Å². The van der Waals surface area contributed by atoms with Gasteiger partial charge in [0.25, 0.3) is 5.91 Å². The maximum atomic E-state index is 13.0. The molecule has 0 saturated heterocycles. The van der Waals surface area contributed by atoms with E-state index in [-0.39, 0.29) is 29.5 Å². The van der Waals surface area contributed by atoms with Crippen molar-refractivity contribution < 1.29 is 33.3 Å². The first-order chi connectivity index (χ1) is 17.9. The number of nitrogens with zero attached hydrogens (tertiary/aromatic N) is 2. The first-order valence-electron chi connectivity index (χ1n) is 12.2. The van der Waals surface area contributed by atoms with Crippen molar-refractivity contribution in [1.29, 1.82) is 0 Å². The van der Waals surface area contributed by atoms with Crippen LogP contribution in [0.15, 0.2) is 42.6 Å². The average Bonchev–Trinajstić information content (AvgIpc) is 3.26. The number of aromatic amines is 1. The van der Waals surface area contributed by atoms with Crippen molar-refractivity contribution in [3.8, 4) is 5.75 Å². The molecule has 0 aliphatic carbocycles. The summed E-state index contributed by atoms with van der Waals surface area (Å²) in [6, 6.07) is 8.77. The van der Waals surface area contributed by atoms with Crippen LogP contribution in [-0.2, 0) is 16.4 Å². The number of sulfonamides is 1. The summed E-state index contributed by atoms with van der Waals surface area (Å²) in [5, 5.41) is 31.4. The smallest absolute Gasteiger partial charge is 0.407 e. The highest BCUT2D eigenvalue weighted by molar-refractivity contribution is 7.92. The van der Waals surface area contributed by atoms with Crippen molar-refractivity contribution in [2.24, 2.45) is 0 Å². The van der Waals surface area contributed by atoms with E-state index in [4.69, 9.17) is 0 Å². The summed E-state index contributed by atoms with van der Waals surface area (Å²) in [7, 11) is -3.68. The van der Waals surface area contributed by atoms with E-state index in [0.29, 0.717) is 30.6 Å². The molecule has 2 amide bonds. The fraction of sp³-hybridized carbons (Fsp3) is 0.385. The van der Waals surface area contributed by atoms with Crippen LogP contribution in [0.4, 0.5) is 10.5 Å². The molecule has 0 saturated carbocycles. The molecule has 0 fully saturated rings. The van der Waals surface area contributed by atoms with E-state index in [1.807, 2.05) is 19.9 Å². The van der Waals surface area contributed by atoms with Gasteiger partial charge >= 0.3 is 6.09 Å². The number of phenols is 1. The Bertz CT molecular complexity index is 1420. The Morgan fingerprint density at radius 3 is 2.42 bits per heavy atom. The fourth-order valence-corrected chi connectivity index (χ4v) is 5.01. The molecule has 0 unspecified atom stereocenters. The molecule has 3 rings (SSSR count). The number of carbonyl (C=O) groups is 2. The Labute approximate surface area is 221 Å². The van der Waals surface area contributed by atoms with Crippen LogP contribution in [0.25, 0.3) is 10.9 Å². The van der Waals surface area contributed by atoms with Gasteiger partial charge in [-0.1, -0.05) is 18.2 Å². The van der Waals surface area contributed by atoms with Gasteiger partial charge in [-0.05, 0) is 56.5 Å². The van der Waals surface area contributed by atoms with Gasteiger partial charge in [-0.15, -0.1) is 0 Å². The van der Waals surface area contributed by atoms with Gasteiger partial charge in [0.05, 0.1) is 35.7 Å². The molecular weight excluding hydrogens is 512 g/mol. The lowest BCUT2D eigenvalue weighted by Crippen LogP contribution is -2.41. The highest BCUT2D eigenvalue weighted by Crippen LogP contribution is 2.29. The van der Waals surface area contributed by atoms with Crippen LogP contribution in [-0.4, -0.2) is 82.5 Å². The zero-order valence-corrected chi connectivity index (χ0v) is 22.6. The van der Waals surface area contributed by atoms with Crippen LogP contribution in [0.5, 0.6) is 5.75 Å². The molecule has 2 aromatic carbocycles. The van der Waals surface area contributed by atoms with Crippen molar-refractivity contribution in [3.63, 3.8) is 0 Å². The fourth-order valence-electron chi connectivity index (χ4n) is 4.45. The molecule has 0 bridgehead atoms. The van der Waals surface area contributed by atoms with E-state index in [2.05, 4.69) is 9.71 Å². The molecule has 11 nitrogen and oxygen atoms in total. The standard InChI is InChI=1S/C26H34N4O7S/c1-5-29(6-2)25(33)20-9-7-8-19-18(14-27-24(19)20)12-16(3)30(26(34)35)15-23(32)17-10-11-22(31)21(13-17)28-38(4,36)37/h7-11,13-14,16,23,27-28,31-32H,5-6,12,15H2,1-4H3,(H,34,35)/t16-,23-/m1/s1. The lowest BCUT2D eigenvalue weighted by Gasteiger charge is -2.29. The predicted molar refractivity (Wildman–Crippen MR) is 145 cm³/mol. The van der Waals surface area contributed by atoms with Crippen molar-refractivity contribution >= 4 is 38.6 Å². The molecule has 12 heteroatoms. The number of para-hydroxylation sites is 1. The number of phenolic OH excluding ortho intramolecular Hbond substituents is 1. The molecule has 0 spiro atoms. The molecule has 1 aromatic heterocycles. The SMILES string of the molecule is CCN(CC)C(=O)c1cccc2c(C[C@@H](C)N(C[C@@H](O)c3ccc(O)c(NS(C)(=O)=O)c3)C(=O)O)c[nH]c12. The van der Waals surface area contributed by atoms with Crippen LogP contribution in [0.2, 0.25) is 0 Å². The number of nitrogens with one attached hydrogen (secondary N) is 2. The second kappa shape index (κ2) is 11.7. The van der Waals surface area contributed by atoms with Crippen molar-refractivity contribution in [1.82, 2.24) is 14.8 Å². The zero-order chi connectivity index (χ0) is 28.2. The molecule has 206 valence electrons. The highest BCUT2D eigenvalue weighted by atomic mass is 32.2. The quantitative estimate of drug-likeness (QED) is 0.230. The zero-order valence-electron chi connectivity index (χ0n) is 21.8. The Kier molecular flexibility index (Phi) is 8.89. The number of H-pyrrole nitrogens is 1. The normalized spacial score (nSPS) is 13.2. The topological polar surface area (TPSA) is 163 Å². The van der Waals surface area contributed by atoms with Crippen molar-refractivity contribution in [2.45, 2.75) is 39.3 Å². The maximum absolute atomic E-state index is 13.0. The molecular formula is C26H34N4O7S. The molecule has 0 aliphatic heterocycles. The molecule has 5 N–H and O–H groups in total. The van der Waals surface area contributed by atoms with E-state index in [1.54, 1.807) is 30.2 Å². The second-order valence-corrected chi connectivity index (χ2v) is 10.9. The van der Waals surface area contributed by atoms with Crippen LogP contribution in [0, 0.1) is 0 Å². The Hall–Kier alpha value is -3.77. The highest BCUT2D eigenvalue weighted by Gasteiger charge is 2.26. The summed E-state index contributed by atoms with van der Waals surface area (Å²) in [5.41, 5.74) is 2.17. The number of carbonyl (C=O) groups excluding carboxylic acids is 1. The van der Waals surface area contributed by atoms with E-state index < -0.39 is 28.3 Å². The lowest BCUT2D eigenvalue weighted by molar-refractivity contribution is 0.0774. The van der Waals surface area contributed by atoms with Gasteiger partial charge in [-0.3, -0.25) is 9.52 Å². The Morgan fingerprint density at radius 1 is 1.13 bits per heavy atom. The first-order valence-corrected chi connectivity index (χ1v) is 14.1. The number of aromatic nitrogens is 1. The monoisotopic (exact) mass is 546 g/mol. The molecule has 0 radical (unpaired) electrons. The van der Waals surface area contributed by atoms with Crippen molar-refractivity contribution in [2.75, 3.05) is 30.6 Å². The van der Waals surface area contributed by atoms with Crippen LogP contribution < -0.4 is 4.72 Å². The summed E-state index contributed by atoms with van der Waals surface area (Å²) in [4.78, 5) is 31.1. The van der Waals surface area contributed by atoms with Gasteiger partial charge in [0.2, 0.25) is 10.0 Å². The van der Waals surface area contributed by atoms with Gasteiger partial charge in [0, 0.05) is 30.7 Å². The Morgan fingerprint density at radius 2 is 1.82 bits per heavy atom. The number of benzene rings is 2. The number of anilines is 1. The summed E-state index contributed by atoms with van der Waals surface area (Å²) < 4.78 is 25.3. The minimum absolute atomic E-state index is 0.0871. The lowest BCUT2D eigenvalue weighted by atomic mass is 10.0. The largest absolute Gasteiger partial charge is 0.506 e. The summed E-state index contributed by atoms with van der Waals surface area (Å²) in [6.07, 6.45) is 0.493. The first kappa shape index (κ1) is 28.8. The summed E-state index contributed by atoms with van der Waals surface area (Å²) in [6.45, 7) is 6.43. The number of carboxylic acid groups (broad SMARTS) is 1. The molecule has 0 aliphatic rings. The Balaban J connectivity index is 1.82. The van der Waals surface area contributed by atoms with Gasteiger partial charge in [0.1, 0.15) is 5.75 Å². The van der Waals surface area contributed by atoms with Gasteiger partial charge in [-0.2, -0.15) is 0 Å². The van der Waals surface area contributed by atoms with Crippen molar-refractivity contribution in [3.05, 3.63) is 59.3 Å². The number of amides is 2. The molecule has 1 heterocycles. The van der Waals surface area contributed by atoms with E-state index in [0.717, 1.165) is 22.1 Å². The third-order valence-electron chi connectivity index (χ3n) is 6.45. The maximum Gasteiger partial charge on any atom is 0.407 e. The number of hydrogen-bond acceptors (Lipinski definition) is 6. The van der Waals surface area contributed by atoms with Crippen LogP contribution in [0.3, 0.4) is 0 Å². The summed E-state index contributed by atoms with van der Waals surface area (Å²) in [5.74, 6) is -0.413. The number of aromatic hydroxyl groups is 1. The van der Waals surface area contributed by atoms with Crippen LogP contribution in [0.1, 0.15) is 48.4 Å². The van der Waals surface area contributed by atoms with Crippen LogP contribution >= 0.6 is 0 Å². The minimum Gasteiger partial charge on any atom is -0.506 e. The third kappa shape index (κ3) is 6.56. The summed E-state index contributed by atoms with van der Waals surface area (Å²) >= 11 is 0. The number of aliphatic hydroxyl groups excluding tert-OH is 1. The predicted octanol–water partition coefficient (Wildman–Crippen LogP) is 3.37. The minimum atomic E-state index is -3.68. The number of rotatable bonds is 11. The third-order valence-corrected chi connectivity index (χ3v) is 7.04. The average molecular weight is 547 g/mol. The number of hydrogen-bond donors (Lipinski definition) is 5. The molecule has 3 aromatic rings. The van der Waals surface area contributed by atoms with E-state index in [9.17, 15) is 33.3 Å². The van der Waals surface area contributed by atoms with Gasteiger partial charge in [0.15, 0.2) is 0 Å². The molecule has 2 atom stereocenters. The second-order valence-electron chi connectivity index (χ2n) is 9.17. The number of aliphatic hydroxyl groups is 1. The van der Waals surface area contributed by atoms with E-state index in [1.165, 1.54) is 18.2 Å². The van der Waals surface area contributed by atoms with Gasteiger partial charge in [-0.25, -0.2) is 13.2 Å². The molecule has 38 heavy (non-hydrogen) atoms.